The molecule has 0 bridgehead atoms. The lowest BCUT2D eigenvalue weighted by Gasteiger charge is -2.13. The topological polar surface area (TPSA) is 96.3 Å². The number of benzene rings is 1. The van der Waals surface area contributed by atoms with E-state index in [4.69, 9.17) is 16.1 Å². The summed E-state index contributed by atoms with van der Waals surface area (Å²) in [4.78, 5) is 23.7. The molecule has 116 valence electrons. The zero-order valence-corrected chi connectivity index (χ0v) is 12.8. The summed E-state index contributed by atoms with van der Waals surface area (Å²) in [6.07, 6.45) is 0. The summed E-state index contributed by atoms with van der Waals surface area (Å²) in [5.74, 6) is 0.477. The maximum absolute atomic E-state index is 11.9. The SMILES string of the molecule is Cc1cc(NC(=O)[C@@H](C)NC(=O)Nc2ccc(Cl)cc2)no1. The van der Waals surface area contributed by atoms with Gasteiger partial charge in [0, 0.05) is 16.8 Å². The largest absolute Gasteiger partial charge is 0.360 e. The van der Waals surface area contributed by atoms with Gasteiger partial charge in [0.2, 0.25) is 5.91 Å². The molecule has 2 aromatic rings. The van der Waals surface area contributed by atoms with Crippen LogP contribution in [0.25, 0.3) is 0 Å². The average molecular weight is 323 g/mol. The molecule has 0 unspecified atom stereocenters. The molecule has 2 rings (SSSR count). The van der Waals surface area contributed by atoms with Gasteiger partial charge in [0.05, 0.1) is 0 Å². The highest BCUT2D eigenvalue weighted by atomic mass is 35.5. The quantitative estimate of drug-likeness (QED) is 0.806. The van der Waals surface area contributed by atoms with Crippen molar-refractivity contribution in [3.05, 3.63) is 41.1 Å². The smallest absolute Gasteiger partial charge is 0.319 e. The third-order valence-electron chi connectivity index (χ3n) is 2.72. The van der Waals surface area contributed by atoms with Crippen LogP contribution in [-0.2, 0) is 4.79 Å². The fourth-order valence-electron chi connectivity index (χ4n) is 1.62. The maximum Gasteiger partial charge on any atom is 0.319 e. The molecule has 0 spiro atoms. The van der Waals surface area contributed by atoms with E-state index >= 15 is 0 Å². The van der Waals surface area contributed by atoms with Gasteiger partial charge in [0.1, 0.15) is 11.8 Å². The first-order valence-corrected chi connectivity index (χ1v) is 6.89. The van der Waals surface area contributed by atoms with Crippen LogP contribution < -0.4 is 16.0 Å². The van der Waals surface area contributed by atoms with Crippen molar-refractivity contribution < 1.29 is 14.1 Å². The van der Waals surface area contributed by atoms with Crippen molar-refractivity contribution in [1.82, 2.24) is 10.5 Å². The molecule has 1 atom stereocenters. The van der Waals surface area contributed by atoms with Crippen LogP contribution in [0, 0.1) is 6.92 Å². The Morgan fingerprint density at radius 1 is 1.23 bits per heavy atom. The normalized spacial score (nSPS) is 11.6. The second-order valence-electron chi connectivity index (χ2n) is 4.64. The lowest BCUT2D eigenvalue weighted by Crippen LogP contribution is -2.43. The number of anilines is 2. The van der Waals surface area contributed by atoms with E-state index in [9.17, 15) is 9.59 Å². The number of carbonyl (C=O) groups is 2. The molecule has 0 saturated heterocycles. The van der Waals surface area contributed by atoms with Crippen LogP contribution in [0.2, 0.25) is 5.02 Å². The Morgan fingerprint density at radius 3 is 2.50 bits per heavy atom. The first-order chi connectivity index (χ1) is 10.4. The summed E-state index contributed by atoms with van der Waals surface area (Å²) < 4.78 is 4.84. The van der Waals surface area contributed by atoms with Gasteiger partial charge < -0.3 is 20.5 Å². The molecule has 22 heavy (non-hydrogen) atoms. The molecule has 8 heteroatoms. The molecule has 0 aliphatic heterocycles. The van der Waals surface area contributed by atoms with Crippen molar-refractivity contribution in [3.8, 4) is 0 Å². The lowest BCUT2D eigenvalue weighted by atomic mass is 10.3. The van der Waals surface area contributed by atoms with Crippen molar-refractivity contribution in [3.63, 3.8) is 0 Å². The molecular weight excluding hydrogens is 308 g/mol. The summed E-state index contributed by atoms with van der Waals surface area (Å²) in [5, 5.41) is 11.9. The van der Waals surface area contributed by atoms with Gasteiger partial charge in [0.25, 0.3) is 0 Å². The van der Waals surface area contributed by atoms with Gasteiger partial charge in [-0.2, -0.15) is 0 Å². The molecule has 0 fully saturated rings. The van der Waals surface area contributed by atoms with Crippen LogP contribution in [0.1, 0.15) is 12.7 Å². The maximum atomic E-state index is 11.9. The molecule has 0 aliphatic carbocycles. The van der Waals surface area contributed by atoms with Crippen LogP contribution in [0.4, 0.5) is 16.3 Å². The highest BCUT2D eigenvalue weighted by Gasteiger charge is 2.17. The molecule has 1 aromatic carbocycles. The van der Waals surface area contributed by atoms with Crippen molar-refractivity contribution in [2.45, 2.75) is 19.9 Å². The molecular formula is C14H15ClN4O3. The molecule has 7 nitrogen and oxygen atoms in total. The summed E-state index contributed by atoms with van der Waals surface area (Å²) in [7, 11) is 0. The van der Waals surface area contributed by atoms with Crippen LogP contribution >= 0.6 is 11.6 Å². The first kappa shape index (κ1) is 15.8. The number of hydrogen-bond acceptors (Lipinski definition) is 4. The molecule has 0 aliphatic rings. The number of nitrogens with one attached hydrogen (secondary N) is 3. The van der Waals surface area contributed by atoms with E-state index in [2.05, 4.69) is 21.1 Å². The second-order valence-corrected chi connectivity index (χ2v) is 5.08. The second kappa shape index (κ2) is 6.95. The summed E-state index contributed by atoms with van der Waals surface area (Å²) in [6.45, 7) is 3.27. The van der Waals surface area contributed by atoms with Crippen LogP contribution in [0.15, 0.2) is 34.9 Å². The number of amides is 3. The Kier molecular flexibility index (Phi) is 5.00. The Hall–Kier alpha value is -2.54. The van der Waals surface area contributed by atoms with E-state index in [1.54, 1.807) is 44.2 Å². The van der Waals surface area contributed by atoms with Crippen molar-refractivity contribution >= 4 is 35.0 Å². The number of halogens is 1. The standard InChI is InChI=1S/C14H15ClN4O3/c1-8-7-12(19-22-8)18-13(20)9(2)16-14(21)17-11-5-3-10(15)4-6-11/h3-7,9H,1-2H3,(H2,16,17,21)(H,18,19,20)/t9-/m1/s1. The third kappa shape index (κ3) is 4.49. The minimum absolute atomic E-state index is 0.300. The fourth-order valence-corrected chi connectivity index (χ4v) is 1.75. The molecule has 1 heterocycles. The van der Waals surface area contributed by atoms with Gasteiger partial charge in [0.15, 0.2) is 5.82 Å². The van der Waals surface area contributed by atoms with Crippen LogP contribution in [0.3, 0.4) is 0 Å². The van der Waals surface area contributed by atoms with E-state index in [0.29, 0.717) is 22.3 Å². The van der Waals surface area contributed by atoms with E-state index in [1.165, 1.54) is 0 Å². The van der Waals surface area contributed by atoms with Gasteiger partial charge in [-0.25, -0.2) is 4.79 Å². The minimum Gasteiger partial charge on any atom is -0.360 e. The number of hydrogen-bond donors (Lipinski definition) is 3. The Bertz CT molecular complexity index is 669. The molecule has 0 saturated carbocycles. The van der Waals surface area contributed by atoms with E-state index < -0.39 is 18.0 Å². The van der Waals surface area contributed by atoms with Crippen molar-refractivity contribution in [2.24, 2.45) is 0 Å². The Labute approximate surface area is 132 Å². The first-order valence-electron chi connectivity index (χ1n) is 6.51. The zero-order chi connectivity index (χ0) is 16.1. The van der Waals surface area contributed by atoms with Crippen molar-refractivity contribution in [1.29, 1.82) is 0 Å². The predicted octanol–water partition coefficient (Wildman–Crippen LogP) is 2.79. The number of aryl methyl sites for hydroxylation is 1. The van der Waals surface area contributed by atoms with Gasteiger partial charge in [-0.3, -0.25) is 4.79 Å². The number of rotatable bonds is 4. The number of urea groups is 1. The molecule has 3 N–H and O–H groups in total. The van der Waals surface area contributed by atoms with Gasteiger partial charge in [-0.15, -0.1) is 0 Å². The summed E-state index contributed by atoms with van der Waals surface area (Å²) in [6, 6.07) is 6.96. The van der Waals surface area contributed by atoms with E-state index in [0.717, 1.165) is 0 Å². The fraction of sp³-hybridized carbons (Fsp3) is 0.214. The monoisotopic (exact) mass is 322 g/mol. The minimum atomic E-state index is -0.746. The Balaban J connectivity index is 1.85. The number of carbonyl (C=O) groups excluding carboxylic acids is 2. The van der Waals surface area contributed by atoms with Crippen molar-refractivity contribution in [2.75, 3.05) is 10.6 Å². The van der Waals surface area contributed by atoms with Crippen LogP contribution in [-0.4, -0.2) is 23.1 Å². The highest BCUT2D eigenvalue weighted by molar-refractivity contribution is 6.30. The van der Waals surface area contributed by atoms with Gasteiger partial charge >= 0.3 is 6.03 Å². The third-order valence-corrected chi connectivity index (χ3v) is 2.97. The molecule has 0 radical (unpaired) electrons. The Morgan fingerprint density at radius 2 is 1.91 bits per heavy atom. The predicted molar refractivity (Wildman–Crippen MR) is 82.9 cm³/mol. The zero-order valence-electron chi connectivity index (χ0n) is 12.0. The lowest BCUT2D eigenvalue weighted by molar-refractivity contribution is -0.117. The van der Waals surface area contributed by atoms with Gasteiger partial charge in [-0.05, 0) is 38.1 Å². The van der Waals surface area contributed by atoms with E-state index in [1.807, 2.05) is 0 Å². The summed E-state index contributed by atoms with van der Waals surface area (Å²) >= 11 is 5.76. The number of nitrogens with zero attached hydrogens (tertiary/aromatic N) is 1. The highest BCUT2D eigenvalue weighted by Crippen LogP contribution is 2.13. The number of aromatic nitrogens is 1. The molecule has 3 amide bonds. The van der Waals surface area contributed by atoms with E-state index in [-0.39, 0.29) is 0 Å². The van der Waals surface area contributed by atoms with Gasteiger partial charge in [-0.1, -0.05) is 16.8 Å². The molecule has 1 aromatic heterocycles. The van der Waals surface area contributed by atoms with Crippen LogP contribution in [0.5, 0.6) is 0 Å². The average Bonchev–Trinajstić information content (AvgIpc) is 2.86. The summed E-state index contributed by atoms with van der Waals surface area (Å²) in [5.41, 5.74) is 0.571.